The molecule has 0 unspecified atom stereocenters. The van der Waals surface area contributed by atoms with E-state index < -0.39 is 0 Å². The molecule has 4 nitrogen and oxygen atoms in total. The van der Waals surface area contributed by atoms with Crippen molar-refractivity contribution in [3.8, 4) is 11.5 Å². The summed E-state index contributed by atoms with van der Waals surface area (Å²) in [6.45, 7) is 2.66. The number of ketones is 1. The van der Waals surface area contributed by atoms with Crippen molar-refractivity contribution in [2.75, 3.05) is 27.3 Å². The van der Waals surface area contributed by atoms with Crippen LogP contribution >= 0.6 is 0 Å². The Morgan fingerprint density at radius 1 is 1.44 bits per heavy atom. The van der Waals surface area contributed by atoms with Crippen molar-refractivity contribution in [3.63, 3.8) is 0 Å². The molecule has 16 heavy (non-hydrogen) atoms. The normalized spacial score (nSPS) is 9.94. The molecule has 1 N–H and O–H groups in total. The van der Waals surface area contributed by atoms with Gasteiger partial charge >= 0.3 is 0 Å². The van der Waals surface area contributed by atoms with Gasteiger partial charge in [0.25, 0.3) is 0 Å². The van der Waals surface area contributed by atoms with Crippen molar-refractivity contribution in [2.24, 2.45) is 0 Å². The van der Waals surface area contributed by atoms with Crippen LogP contribution in [0.15, 0.2) is 18.2 Å². The number of Topliss-reactive ketones (excluding diaryl/α,β-unsaturated/α-hetero) is 1. The fourth-order valence-corrected chi connectivity index (χ4v) is 1.45. The molecule has 0 radical (unpaired) electrons. The first-order valence-corrected chi connectivity index (χ1v) is 5.22. The maximum Gasteiger partial charge on any atom is 0.180 e. The number of rotatable bonds is 6. The summed E-state index contributed by atoms with van der Waals surface area (Å²) in [6, 6.07) is 5.30. The summed E-state index contributed by atoms with van der Waals surface area (Å²) in [5.41, 5.74) is 0.551. The first-order chi connectivity index (χ1) is 7.74. The van der Waals surface area contributed by atoms with Crippen LogP contribution in [-0.2, 0) is 0 Å². The first-order valence-electron chi connectivity index (χ1n) is 5.22. The lowest BCUT2D eigenvalue weighted by molar-refractivity contribution is 0.0989. The first kappa shape index (κ1) is 12.5. The Hall–Kier alpha value is -1.55. The van der Waals surface area contributed by atoms with Gasteiger partial charge in [-0.25, -0.2) is 0 Å². The predicted octanol–water partition coefficient (Wildman–Crippen LogP) is 1.50. The molecule has 1 aromatic carbocycles. The molecule has 0 aromatic heterocycles. The molecule has 0 heterocycles. The molecular weight excluding hydrogens is 206 g/mol. The summed E-state index contributed by atoms with van der Waals surface area (Å²) in [7, 11) is 3.29. The minimum atomic E-state index is -0.00940. The third-order valence-electron chi connectivity index (χ3n) is 2.13. The van der Waals surface area contributed by atoms with Crippen LogP contribution in [0, 0.1) is 0 Å². The van der Waals surface area contributed by atoms with Crippen LogP contribution < -0.4 is 14.8 Å². The van der Waals surface area contributed by atoms with Gasteiger partial charge in [0.05, 0.1) is 25.8 Å². The van der Waals surface area contributed by atoms with Crippen molar-refractivity contribution in [3.05, 3.63) is 23.8 Å². The zero-order valence-electron chi connectivity index (χ0n) is 9.87. The van der Waals surface area contributed by atoms with Crippen molar-refractivity contribution >= 4 is 5.78 Å². The van der Waals surface area contributed by atoms with E-state index in [0.29, 0.717) is 23.7 Å². The second-order valence-corrected chi connectivity index (χ2v) is 3.22. The monoisotopic (exact) mass is 223 g/mol. The van der Waals surface area contributed by atoms with Gasteiger partial charge in [-0.15, -0.1) is 0 Å². The second kappa shape index (κ2) is 6.12. The lowest BCUT2D eigenvalue weighted by Crippen LogP contribution is -2.19. The fraction of sp³-hybridized carbons (Fsp3) is 0.417. The SMILES string of the molecule is CCOc1c(OC)cccc1C(=O)CNC. The molecular formula is C12H17NO3. The quantitative estimate of drug-likeness (QED) is 0.742. The molecule has 0 amide bonds. The predicted molar refractivity (Wildman–Crippen MR) is 62.4 cm³/mol. The summed E-state index contributed by atoms with van der Waals surface area (Å²) in [6.07, 6.45) is 0. The van der Waals surface area contributed by atoms with E-state index in [1.165, 1.54) is 0 Å². The number of nitrogens with one attached hydrogen (secondary N) is 1. The number of carbonyl (C=O) groups is 1. The number of likely N-dealkylation sites (N-methyl/N-ethyl adjacent to an activating group) is 1. The maximum absolute atomic E-state index is 11.8. The largest absolute Gasteiger partial charge is 0.493 e. The minimum absolute atomic E-state index is 0.00940. The molecule has 0 saturated carbocycles. The van der Waals surface area contributed by atoms with Gasteiger partial charge in [-0.2, -0.15) is 0 Å². The Kier molecular flexibility index (Phi) is 4.79. The third kappa shape index (κ3) is 2.73. The summed E-state index contributed by atoms with van der Waals surface area (Å²) in [4.78, 5) is 11.8. The molecule has 0 saturated heterocycles. The van der Waals surface area contributed by atoms with E-state index in [-0.39, 0.29) is 12.3 Å². The van der Waals surface area contributed by atoms with E-state index in [9.17, 15) is 4.79 Å². The van der Waals surface area contributed by atoms with Crippen molar-refractivity contribution in [1.29, 1.82) is 0 Å². The van der Waals surface area contributed by atoms with Gasteiger partial charge in [-0.3, -0.25) is 4.79 Å². The third-order valence-corrected chi connectivity index (χ3v) is 2.13. The number of methoxy groups -OCH3 is 1. The van der Waals surface area contributed by atoms with Gasteiger partial charge in [-0.05, 0) is 26.1 Å². The number of hydrogen-bond acceptors (Lipinski definition) is 4. The molecule has 0 bridgehead atoms. The fourth-order valence-electron chi connectivity index (χ4n) is 1.45. The van der Waals surface area contributed by atoms with E-state index in [4.69, 9.17) is 9.47 Å². The molecule has 0 aliphatic heterocycles. The van der Waals surface area contributed by atoms with Crippen LogP contribution in [0.3, 0.4) is 0 Å². The summed E-state index contributed by atoms with van der Waals surface area (Å²) in [5, 5.41) is 2.83. The van der Waals surface area contributed by atoms with E-state index in [1.54, 1.807) is 32.4 Å². The molecule has 4 heteroatoms. The van der Waals surface area contributed by atoms with E-state index >= 15 is 0 Å². The average Bonchev–Trinajstić information content (AvgIpc) is 2.30. The van der Waals surface area contributed by atoms with E-state index in [2.05, 4.69) is 5.32 Å². The Bertz CT molecular complexity index is 363. The minimum Gasteiger partial charge on any atom is -0.493 e. The molecule has 0 aliphatic rings. The Labute approximate surface area is 95.6 Å². The highest BCUT2D eigenvalue weighted by Gasteiger charge is 2.15. The van der Waals surface area contributed by atoms with Crippen LogP contribution in [0.5, 0.6) is 11.5 Å². The van der Waals surface area contributed by atoms with Gasteiger partial charge in [0, 0.05) is 0 Å². The molecule has 0 fully saturated rings. The Balaban J connectivity index is 3.10. The molecule has 0 aliphatic carbocycles. The molecule has 1 aromatic rings. The lowest BCUT2D eigenvalue weighted by Gasteiger charge is -2.13. The highest BCUT2D eigenvalue weighted by atomic mass is 16.5. The highest BCUT2D eigenvalue weighted by Crippen LogP contribution is 2.31. The summed E-state index contributed by atoms with van der Waals surface area (Å²) in [5.74, 6) is 1.10. The standard InChI is InChI=1S/C12H17NO3/c1-4-16-12-9(10(14)8-13-2)6-5-7-11(12)15-3/h5-7,13H,4,8H2,1-3H3. The van der Waals surface area contributed by atoms with Crippen LogP contribution in [-0.4, -0.2) is 33.1 Å². The molecule has 0 spiro atoms. The van der Waals surface area contributed by atoms with E-state index in [0.717, 1.165) is 0 Å². The summed E-state index contributed by atoms with van der Waals surface area (Å²) >= 11 is 0. The van der Waals surface area contributed by atoms with E-state index in [1.807, 2.05) is 6.92 Å². The zero-order chi connectivity index (χ0) is 12.0. The number of ether oxygens (including phenoxy) is 2. The van der Waals surface area contributed by atoms with Crippen LogP contribution in [0.25, 0.3) is 0 Å². The molecule has 88 valence electrons. The highest BCUT2D eigenvalue weighted by molar-refractivity contribution is 6.00. The number of hydrogen-bond donors (Lipinski definition) is 1. The van der Waals surface area contributed by atoms with Gasteiger partial charge in [-0.1, -0.05) is 6.07 Å². The van der Waals surface area contributed by atoms with Crippen LogP contribution in [0.2, 0.25) is 0 Å². The number of benzene rings is 1. The van der Waals surface area contributed by atoms with Crippen LogP contribution in [0.4, 0.5) is 0 Å². The zero-order valence-corrected chi connectivity index (χ0v) is 9.87. The van der Waals surface area contributed by atoms with Gasteiger partial charge < -0.3 is 14.8 Å². The maximum atomic E-state index is 11.8. The van der Waals surface area contributed by atoms with Gasteiger partial charge in [0.1, 0.15) is 0 Å². The van der Waals surface area contributed by atoms with Crippen molar-refractivity contribution < 1.29 is 14.3 Å². The number of carbonyl (C=O) groups excluding carboxylic acids is 1. The second-order valence-electron chi connectivity index (χ2n) is 3.22. The summed E-state index contributed by atoms with van der Waals surface area (Å²) < 4.78 is 10.6. The molecule has 1 rings (SSSR count). The van der Waals surface area contributed by atoms with Crippen LogP contribution in [0.1, 0.15) is 17.3 Å². The van der Waals surface area contributed by atoms with Gasteiger partial charge in [0.2, 0.25) is 0 Å². The van der Waals surface area contributed by atoms with Crippen molar-refractivity contribution in [1.82, 2.24) is 5.32 Å². The van der Waals surface area contributed by atoms with Crippen molar-refractivity contribution in [2.45, 2.75) is 6.92 Å². The number of para-hydroxylation sites is 1. The smallest absolute Gasteiger partial charge is 0.180 e. The molecule has 0 atom stereocenters. The van der Waals surface area contributed by atoms with Gasteiger partial charge in [0.15, 0.2) is 17.3 Å². The topological polar surface area (TPSA) is 47.6 Å². The average molecular weight is 223 g/mol. The Morgan fingerprint density at radius 2 is 2.19 bits per heavy atom. The lowest BCUT2D eigenvalue weighted by atomic mass is 10.1. The Morgan fingerprint density at radius 3 is 2.75 bits per heavy atom.